The monoisotopic (exact) mass is 254 g/mol. The van der Waals surface area contributed by atoms with Gasteiger partial charge in [0.25, 0.3) is 0 Å². The molecule has 0 saturated carbocycles. The second-order valence-corrected chi connectivity index (χ2v) is 4.08. The first kappa shape index (κ1) is 17.3. The SMILES string of the molecule is CCCC(=CN(C)C)C(N)=O.O=S(=O)(O)O. The van der Waals surface area contributed by atoms with Crippen molar-refractivity contribution < 1.29 is 22.3 Å². The number of hydrogen-bond donors (Lipinski definition) is 3. The Balaban J connectivity index is 0. The van der Waals surface area contributed by atoms with Crippen molar-refractivity contribution in [3.05, 3.63) is 11.8 Å². The van der Waals surface area contributed by atoms with Gasteiger partial charge in [-0.3, -0.25) is 13.9 Å². The summed E-state index contributed by atoms with van der Waals surface area (Å²) < 4.78 is 31.6. The Labute approximate surface area is 95.5 Å². The lowest BCUT2D eigenvalue weighted by Crippen LogP contribution is -2.16. The van der Waals surface area contributed by atoms with Crippen LogP contribution in [0.2, 0.25) is 0 Å². The van der Waals surface area contributed by atoms with Crippen LogP contribution in [0.3, 0.4) is 0 Å². The van der Waals surface area contributed by atoms with Crippen molar-refractivity contribution in [2.75, 3.05) is 14.1 Å². The molecule has 0 aliphatic carbocycles. The molecule has 0 heterocycles. The molecule has 8 heteroatoms. The van der Waals surface area contributed by atoms with Gasteiger partial charge in [-0.2, -0.15) is 8.42 Å². The van der Waals surface area contributed by atoms with Gasteiger partial charge in [-0.15, -0.1) is 0 Å². The lowest BCUT2D eigenvalue weighted by atomic mass is 10.1. The molecule has 0 fully saturated rings. The number of carbonyl (C=O) groups is 1. The highest BCUT2D eigenvalue weighted by Crippen LogP contribution is 2.03. The number of hydrogen-bond acceptors (Lipinski definition) is 4. The average Bonchev–Trinajstić information content (AvgIpc) is 1.99. The molecule has 16 heavy (non-hydrogen) atoms. The molecule has 0 bridgehead atoms. The Hall–Kier alpha value is -1.12. The normalized spacial score (nSPS) is 11.4. The van der Waals surface area contributed by atoms with Crippen molar-refractivity contribution in [2.45, 2.75) is 19.8 Å². The number of primary amides is 1. The van der Waals surface area contributed by atoms with E-state index in [1.54, 1.807) is 6.20 Å². The molecule has 0 aliphatic rings. The van der Waals surface area contributed by atoms with Crippen molar-refractivity contribution >= 4 is 16.3 Å². The zero-order valence-electron chi connectivity index (χ0n) is 9.54. The number of amides is 1. The minimum Gasteiger partial charge on any atom is -0.383 e. The van der Waals surface area contributed by atoms with E-state index in [0.717, 1.165) is 12.8 Å². The molecule has 0 rings (SSSR count). The van der Waals surface area contributed by atoms with Gasteiger partial charge in [0.05, 0.1) is 0 Å². The summed E-state index contributed by atoms with van der Waals surface area (Å²) in [5.41, 5.74) is 5.83. The second-order valence-electron chi connectivity index (χ2n) is 3.18. The lowest BCUT2D eigenvalue weighted by Gasteiger charge is -2.07. The average molecular weight is 254 g/mol. The number of carbonyl (C=O) groups excluding carboxylic acids is 1. The summed E-state index contributed by atoms with van der Waals surface area (Å²) in [5.74, 6) is -0.319. The van der Waals surface area contributed by atoms with Crippen LogP contribution >= 0.6 is 0 Å². The molecule has 96 valence electrons. The fraction of sp³-hybridized carbons (Fsp3) is 0.625. The van der Waals surface area contributed by atoms with Gasteiger partial charge in [0.2, 0.25) is 5.91 Å². The minimum atomic E-state index is -4.67. The standard InChI is InChI=1S/C8H16N2O.H2O4S/c1-4-5-7(8(9)11)6-10(2)3;1-5(2,3)4/h6H,4-5H2,1-3H3,(H2,9,11);(H2,1,2,3,4). The van der Waals surface area contributed by atoms with Crippen LogP contribution in [0.15, 0.2) is 11.8 Å². The van der Waals surface area contributed by atoms with Crippen molar-refractivity contribution in [2.24, 2.45) is 5.73 Å². The largest absolute Gasteiger partial charge is 0.394 e. The quantitative estimate of drug-likeness (QED) is 0.482. The third-order valence-electron chi connectivity index (χ3n) is 1.25. The molecule has 0 unspecified atom stereocenters. The molecule has 4 N–H and O–H groups in total. The third kappa shape index (κ3) is 18.6. The van der Waals surface area contributed by atoms with E-state index in [9.17, 15) is 4.79 Å². The zero-order chi connectivity index (χ0) is 13.4. The molecule has 0 saturated heterocycles. The summed E-state index contributed by atoms with van der Waals surface area (Å²) in [6, 6.07) is 0. The fourth-order valence-electron chi connectivity index (χ4n) is 0.832. The van der Waals surface area contributed by atoms with E-state index in [-0.39, 0.29) is 5.91 Å². The Kier molecular flexibility index (Phi) is 8.73. The van der Waals surface area contributed by atoms with Crippen molar-refractivity contribution in [3.8, 4) is 0 Å². The van der Waals surface area contributed by atoms with Crippen LogP contribution in [0.1, 0.15) is 19.8 Å². The molecular formula is C8H18N2O5S. The van der Waals surface area contributed by atoms with Gasteiger partial charge >= 0.3 is 10.4 Å². The highest BCUT2D eigenvalue weighted by Gasteiger charge is 2.02. The summed E-state index contributed by atoms with van der Waals surface area (Å²) in [6.45, 7) is 2.02. The molecular weight excluding hydrogens is 236 g/mol. The lowest BCUT2D eigenvalue weighted by molar-refractivity contribution is -0.114. The van der Waals surface area contributed by atoms with E-state index in [0.29, 0.717) is 5.57 Å². The van der Waals surface area contributed by atoms with Crippen LogP contribution in [0, 0.1) is 0 Å². The van der Waals surface area contributed by atoms with Gasteiger partial charge in [-0.25, -0.2) is 0 Å². The second kappa shape index (κ2) is 8.08. The highest BCUT2D eigenvalue weighted by molar-refractivity contribution is 7.79. The van der Waals surface area contributed by atoms with E-state index < -0.39 is 10.4 Å². The van der Waals surface area contributed by atoms with Gasteiger partial charge in [0, 0.05) is 25.9 Å². The molecule has 0 aromatic rings. The van der Waals surface area contributed by atoms with Gasteiger partial charge in [0.15, 0.2) is 0 Å². The molecule has 0 atom stereocenters. The Morgan fingerprint density at radius 1 is 1.38 bits per heavy atom. The van der Waals surface area contributed by atoms with Crippen molar-refractivity contribution in [1.82, 2.24) is 4.90 Å². The van der Waals surface area contributed by atoms with Crippen LogP contribution in [0.5, 0.6) is 0 Å². The molecule has 7 nitrogen and oxygen atoms in total. The summed E-state index contributed by atoms with van der Waals surface area (Å²) in [6.07, 6.45) is 3.47. The third-order valence-corrected chi connectivity index (χ3v) is 1.25. The van der Waals surface area contributed by atoms with Crippen molar-refractivity contribution in [3.63, 3.8) is 0 Å². The van der Waals surface area contributed by atoms with Gasteiger partial charge in [0.1, 0.15) is 0 Å². The Bertz CT molecular complexity index is 326. The first-order valence-corrected chi connectivity index (χ1v) is 5.84. The predicted octanol–water partition coefficient (Wildman–Crippen LogP) is 0.0645. The number of nitrogens with zero attached hydrogens (tertiary/aromatic N) is 1. The van der Waals surface area contributed by atoms with Gasteiger partial charge in [-0.05, 0) is 6.42 Å². The van der Waals surface area contributed by atoms with Crippen LogP contribution < -0.4 is 5.73 Å². The van der Waals surface area contributed by atoms with E-state index in [4.69, 9.17) is 23.3 Å². The van der Waals surface area contributed by atoms with Gasteiger partial charge in [-0.1, -0.05) is 13.3 Å². The zero-order valence-corrected chi connectivity index (χ0v) is 10.4. The Morgan fingerprint density at radius 3 is 1.94 bits per heavy atom. The highest BCUT2D eigenvalue weighted by atomic mass is 32.3. The number of nitrogens with two attached hydrogens (primary N) is 1. The van der Waals surface area contributed by atoms with E-state index in [2.05, 4.69) is 0 Å². The van der Waals surface area contributed by atoms with E-state index in [1.165, 1.54) is 0 Å². The number of rotatable bonds is 4. The van der Waals surface area contributed by atoms with Crippen molar-refractivity contribution in [1.29, 1.82) is 0 Å². The summed E-state index contributed by atoms with van der Waals surface area (Å²) >= 11 is 0. The molecule has 1 amide bonds. The molecule has 0 spiro atoms. The first-order chi connectivity index (χ1) is 7.07. The van der Waals surface area contributed by atoms with Crippen LogP contribution in [0.25, 0.3) is 0 Å². The van der Waals surface area contributed by atoms with Crippen LogP contribution in [-0.2, 0) is 15.2 Å². The van der Waals surface area contributed by atoms with Crippen LogP contribution in [0.4, 0.5) is 0 Å². The predicted molar refractivity (Wildman–Crippen MR) is 60.0 cm³/mol. The Morgan fingerprint density at radius 2 is 1.75 bits per heavy atom. The van der Waals surface area contributed by atoms with E-state index in [1.807, 2.05) is 25.9 Å². The summed E-state index contributed by atoms with van der Waals surface area (Å²) in [7, 11) is -0.919. The van der Waals surface area contributed by atoms with E-state index >= 15 is 0 Å². The first-order valence-electron chi connectivity index (χ1n) is 4.44. The minimum absolute atomic E-state index is 0.319. The molecule has 0 aromatic heterocycles. The van der Waals surface area contributed by atoms with Gasteiger partial charge < -0.3 is 10.6 Å². The topological polar surface area (TPSA) is 121 Å². The molecule has 0 aromatic carbocycles. The summed E-state index contributed by atoms with van der Waals surface area (Å²) in [5, 5.41) is 0. The fourth-order valence-corrected chi connectivity index (χ4v) is 0.832. The maximum absolute atomic E-state index is 10.8. The maximum Gasteiger partial charge on any atom is 0.394 e. The van der Waals surface area contributed by atoms with Crippen LogP contribution in [-0.4, -0.2) is 42.4 Å². The maximum atomic E-state index is 10.8. The molecule has 0 aliphatic heterocycles. The summed E-state index contributed by atoms with van der Waals surface area (Å²) in [4.78, 5) is 12.6. The smallest absolute Gasteiger partial charge is 0.383 e. The molecule has 0 radical (unpaired) electrons.